The zero-order chi connectivity index (χ0) is 12.5. The van der Waals surface area contributed by atoms with Crippen molar-refractivity contribution in [2.75, 3.05) is 13.1 Å². The molecule has 0 aromatic carbocycles. The highest BCUT2D eigenvalue weighted by Crippen LogP contribution is 2.26. The molecular weight excluding hydrogens is 220 g/mol. The molecular formula is C12H16N2O3. The number of carbonyl (C=O) groups excluding carboxylic acids is 1. The number of likely N-dealkylation sites (tertiary alicyclic amines) is 1. The Labute approximate surface area is 99.1 Å². The Kier molecular flexibility index (Phi) is 3.02. The molecule has 0 atom stereocenters. The molecule has 0 saturated carbocycles. The van der Waals surface area contributed by atoms with E-state index in [2.05, 4.69) is 4.98 Å². The lowest BCUT2D eigenvalue weighted by molar-refractivity contribution is -0.0860. The van der Waals surface area contributed by atoms with Gasteiger partial charge in [0.15, 0.2) is 5.43 Å². The number of β-amino-alcohol motifs (C(OH)–C–C–N with tert-alkyl or cyclic N) is 1. The molecule has 5 nitrogen and oxygen atoms in total. The summed E-state index contributed by atoms with van der Waals surface area (Å²) in [5.41, 5.74) is -0.919. The van der Waals surface area contributed by atoms with E-state index in [1.807, 2.05) is 6.92 Å². The SMILES string of the molecule is CCCC1(O)CN(C(=O)c2c[nH]ccc2=O)C1. The summed E-state index contributed by atoms with van der Waals surface area (Å²) < 4.78 is 0. The van der Waals surface area contributed by atoms with Gasteiger partial charge in [0, 0.05) is 18.5 Å². The highest BCUT2D eigenvalue weighted by Gasteiger charge is 2.43. The summed E-state index contributed by atoms with van der Waals surface area (Å²) in [6, 6.07) is 1.32. The average molecular weight is 236 g/mol. The molecule has 1 fully saturated rings. The third-order valence-electron chi connectivity index (χ3n) is 3.03. The van der Waals surface area contributed by atoms with Crippen LogP contribution in [0.15, 0.2) is 23.3 Å². The quantitative estimate of drug-likeness (QED) is 0.796. The van der Waals surface area contributed by atoms with Gasteiger partial charge in [-0.2, -0.15) is 0 Å². The van der Waals surface area contributed by atoms with Crippen molar-refractivity contribution in [2.45, 2.75) is 25.4 Å². The van der Waals surface area contributed by atoms with Crippen molar-refractivity contribution < 1.29 is 9.90 Å². The molecule has 1 aliphatic rings. The van der Waals surface area contributed by atoms with Crippen LogP contribution in [0, 0.1) is 0 Å². The zero-order valence-electron chi connectivity index (χ0n) is 9.77. The molecule has 1 aromatic rings. The first-order valence-corrected chi connectivity index (χ1v) is 5.74. The molecule has 2 heterocycles. The molecule has 2 N–H and O–H groups in total. The standard InChI is InChI=1S/C12H16N2O3/c1-2-4-12(17)7-14(8-12)11(16)9-6-13-5-3-10(9)15/h3,5-6,17H,2,4,7-8H2,1H3,(H,13,15). The van der Waals surface area contributed by atoms with Crippen LogP contribution in [0.5, 0.6) is 0 Å². The van der Waals surface area contributed by atoms with E-state index in [-0.39, 0.29) is 16.9 Å². The van der Waals surface area contributed by atoms with Crippen molar-refractivity contribution >= 4 is 5.91 Å². The van der Waals surface area contributed by atoms with E-state index in [0.717, 1.165) is 6.42 Å². The minimum atomic E-state index is -0.758. The number of hydrogen-bond acceptors (Lipinski definition) is 3. The Bertz CT molecular complexity index is 475. The molecule has 1 amide bonds. The number of H-pyrrole nitrogens is 1. The van der Waals surface area contributed by atoms with E-state index >= 15 is 0 Å². The minimum absolute atomic E-state index is 0.131. The van der Waals surface area contributed by atoms with Crippen molar-refractivity contribution in [2.24, 2.45) is 0 Å². The van der Waals surface area contributed by atoms with Gasteiger partial charge in [0.1, 0.15) is 5.56 Å². The summed E-state index contributed by atoms with van der Waals surface area (Å²) >= 11 is 0. The predicted molar refractivity (Wildman–Crippen MR) is 62.8 cm³/mol. The highest BCUT2D eigenvalue weighted by atomic mass is 16.3. The average Bonchev–Trinajstić information content (AvgIpc) is 2.26. The second kappa shape index (κ2) is 4.33. The fourth-order valence-electron chi connectivity index (χ4n) is 2.18. The van der Waals surface area contributed by atoms with Crippen molar-refractivity contribution in [3.8, 4) is 0 Å². The number of pyridine rings is 1. The van der Waals surface area contributed by atoms with Gasteiger partial charge >= 0.3 is 0 Å². The lowest BCUT2D eigenvalue weighted by atomic mass is 9.89. The summed E-state index contributed by atoms with van der Waals surface area (Å²) in [7, 11) is 0. The normalized spacial score (nSPS) is 17.6. The van der Waals surface area contributed by atoms with Gasteiger partial charge in [-0.05, 0) is 6.42 Å². The van der Waals surface area contributed by atoms with Gasteiger partial charge in [-0.15, -0.1) is 0 Å². The Morgan fingerprint density at radius 3 is 2.88 bits per heavy atom. The number of aliphatic hydroxyl groups is 1. The van der Waals surface area contributed by atoms with E-state index in [4.69, 9.17) is 0 Å². The Morgan fingerprint density at radius 1 is 1.59 bits per heavy atom. The highest BCUT2D eigenvalue weighted by molar-refractivity contribution is 5.94. The topological polar surface area (TPSA) is 73.4 Å². The van der Waals surface area contributed by atoms with Crippen LogP contribution in [0.2, 0.25) is 0 Å². The molecule has 2 rings (SSSR count). The number of nitrogens with one attached hydrogen (secondary N) is 1. The third kappa shape index (κ3) is 2.24. The van der Waals surface area contributed by atoms with Crippen molar-refractivity contribution in [1.82, 2.24) is 9.88 Å². The van der Waals surface area contributed by atoms with Gasteiger partial charge in [0.2, 0.25) is 0 Å². The first kappa shape index (κ1) is 11.9. The van der Waals surface area contributed by atoms with E-state index in [1.165, 1.54) is 23.4 Å². The Hall–Kier alpha value is -1.62. The third-order valence-corrected chi connectivity index (χ3v) is 3.03. The summed E-state index contributed by atoms with van der Waals surface area (Å²) in [5.74, 6) is -0.312. The molecule has 1 saturated heterocycles. The molecule has 0 spiro atoms. The molecule has 5 heteroatoms. The van der Waals surface area contributed by atoms with Crippen LogP contribution in [-0.2, 0) is 0 Å². The van der Waals surface area contributed by atoms with Crippen LogP contribution in [0.1, 0.15) is 30.1 Å². The molecule has 1 aromatic heterocycles. The molecule has 0 radical (unpaired) electrons. The maximum atomic E-state index is 11.9. The smallest absolute Gasteiger partial charge is 0.259 e. The lowest BCUT2D eigenvalue weighted by Crippen LogP contribution is -2.63. The molecule has 92 valence electrons. The number of aromatic amines is 1. The number of amides is 1. The van der Waals surface area contributed by atoms with Gasteiger partial charge in [-0.3, -0.25) is 9.59 Å². The van der Waals surface area contributed by atoms with Crippen molar-refractivity contribution in [3.05, 3.63) is 34.2 Å². The molecule has 1 aliphatic heterocycles. The van der Waals surface area contributed by atoms with E-state index in [0.29, 0.717) is 19.5 Å². The van der Waals surface area contributed by atoms with Gasteiger partial charge in [-0.25, -0.2) is 0 Å². The van der Waals surface area contributed by atoms with Gasteiger partial charge < -0.3 is 15.0 Å². The number of hydrogen-bond donors (Lipinski definition) is 2. The number of aromatic nitrogens is 1. The summed E-state index contributed by atoms with van der Waals surface area (Å²) in [6.07, 6.45) is 4.46. The summed E-state index contributed by atoms with van der Waals surface area (Å²) in [4.78, 5) is 27.6. The molecule has 17 heavy (non-hydrogen) atoms. The fraction of sp³-hybridized carbons (Fsp3) is 0.500. The van der Waals surface area contributed by atoms with E-state index in [9.17, 15) is 14.7 Å². The monoisotopic (exact) mass is 236 g/mol. The zero-order valence-corrected chi connectivity index (χ0v) is 9.77. The van der Waals surface area contributed by atoms with Gasteiger partial charge in [-0.1, -0.05) is 13.3 Å². The van der Waals surface area contributed by atoms with Crippen LogP contribution in [-0.4, -0.2) is 39.6 Å². The van der Waals surface area contributed by atoms with Crippen molar-refractivity contribution in [3.63, 3.8) is 0 Å². The van der Waals surface area contributed by atoms with Crippen LogP contribution in [0.25, 0.3) is 0 Å². The lowest BCUT2D eigenvalue weighted by Gasteiger charge is -2.46. The van der Waals surface area contributed by atoms with Crippen LogP contribution in [0.4, 0.5) is 0 Å². The fourth-order valence-corrected chi connectivity index (χ4v) is 2.18. The number of nitrogens with zero attached hydrogens (tertiary/aromatic N) is 1. The largest absolute Gasteiger partial charge is 0.386 e. The van der Waals surface area contributed by atoms with Crippen molar-refractivity contribution in [1.29, 1.82) is 0 Å². The first-order valence-electron chi connectivity index (χ1n) is 5.74. The Balaban J connectivity index is 2.05. The number of rotatable bonds is 3. The van der Waals surface area contributed by atoms with Crippen LogP contribution in [0.3, 0.4) is 0 Å². The van der Waals surface area contributed by atoms with E-state index in [1.54, 1.807) is 0 Å². The maximum Gasteiger partial charge on any atom is 0.259 e. The molecule has 0 bridgehead atoms. The van der Waals surface area contributed by atoms with E-state index < -0.39 is 5.60 Å². The van der Waals surface area contributed by atoms with Gasteiger partial charge in [0.05, 0.1) is 18.7 Å². The van der Waals surface area contributed by atoms with Crippen LogP contribution < -0.4 is 5.43 Å². The second-order valence-corrected chi connectivity index (χ2v) is 4.56. The minimum Gasteiger partial charge on any atom is -0.386 e. The predicted octanol–water partition coefficient (Wildman–Crippen LogP) is 0.362. The van der Waals surface area contributed by atoms with Crippen LogP contribution >= 0.6 is 0 Å². The number of carbonyl (C=O) groups is 1. The van der Waals surface area contributed by atoms with Gasteiger partial charge in [0.25, 0.3) is 5.91 Å². The summed E-state index contributed by atoms with van der Waals surface area (Å²) in [6.45, 7) is 2.62. The Morgan fingerprint density at radius 2 is 2.29 bits per heavy atom. The summed E-state index contributed by atoms with van der Waals surface area (Å²) in [5, 5.41) is 9.97. The maximum absolute atomic E-state index is 11.9. The molecule has 0 unspecified atom stereocenters. The second-order valence-electron chi connectivity index (χ2n) is 4.56. The molecule has 0 aliphatic carbocycles. The first-order chi connectivity index (χ1) is 8.06.